The topological polar surface area (TPSA) is 220 Å². The third kappa shape index (κ3) is 13.4. The van der Waals surface area contributed by atoms with Crippen molar-refractivity contribution in [1.82, 2.24) is 19.4 Å². The second kappa shape index (κ2) is 21.4. The second-order valence-electron chi connectivity index (χ2n) is 13.8. The summed E-state index contributed by atoms with van der Waals surface area (Å²) in [7, 11) is -3.35. The van der Waals surface area contributed by atoms with Crippen LogP contribution in [0.3, 0.4) is 0 Å². The molecule has 0 radical (unpaired) electrons. The van der Waals surface area contributed by atoms with Crippen LogP contribution in [0.4, 0.5) is 45.8 Å². The fourth-order valence-corrected chi connectivity index (χ4v) is 7.78. The molecule has 6 rings (SSSR count). The molecule has 2 heterocycles. The van der Waals surface area contributed by atoms with E-state index in [0.29, 0.717) is 11.4 Å². The van der Waals surface area contributed by atoms with Crippen LogP contribution in [0.5, 0.6) is 11.5 Å². The van der Waals surface area contributed by atoms with Gasteiger partial charge in [0.05, 0.1) is 23.5 Å². The molecule has 0 spiro atoms. The molecule has 0 aliphatic rings. The number of hydrogen-bond acceptors (Lipinski definition) is 12. The molecule has 0 amide bonds. The maximum atomic E-state index is 12.1. The number of pyridine rings is 2. The molecule has 4 aromatic carbocycles. The summed E-state index contributed by atoms with van der Waals surface area (Å²) in [6.07, 6.45) is 2.47. The standard InChI is InChI=1S/2C21H23N5O3S.Ni/c2*1-15(2)25-30(28,29)18-10-12-21(22-14-18)24-23-19-11-9-17(13-20(19)27)26(3)16-7-5-4-6-8-16;/h2*4-15,25,27H,1-3H3;/p+2. The molecule has 0 aliphatic heterocycles. The molecule has 322 valence electrons. The van der Waals surface area contributed by atoms with Crippen molar-refractivity contribution in [3.63, 3.8) is 0 Å². The molecule has 0 aliphatic carbocycles. The Bertz CT molecular complexity index is 2450. The van der Waals surface area contributed by atoms with Crippen LogP contribution in [0, 0.1) is 0 Å². The molecule has 16 nitrogen and oxygen atoms in total. The van der Waals surface area contributed by atoms with Crippen molar-refractivity contribution in [3.05, 3.63) is 134 Å². The zero-order valence-corrected chi connectivity index (χ0v) is 36.8. The number of hydrogen-bond donors (Lipinski definition) is 2. The van der Waals surface area contributed by atoms with E-state index in [4.69, 9.17) is 10.2 Å². The number of nitrogens with one attached hydrogen (secondary N) is 2. The third-order valence-corrected chi connectivity index (χ3v) is 11.7. The first kappa shape index (κ1) is 47.6. The first-order chi connectivity index (χ1) is 28.5. The normalized spacial score (nSPS) is 11.7. The summed E-state index contributed by atoms with van der Waals surface area (Å²) in [6, 6.07) is 35.6. The van der Waals surface area contributed by atoms with Gasteiger partial charge in [0.1, 0.15) is 9.79 Å². The van der Waals surface area contributed by atoms with Crippen LogP contribution in [-0.2, 0) is 36.5 Å². The molecule has 0 fully saturated rings. The predicted octanol–water partition coefficient (Wildman–Crippen LogP) is 8.78. The van der Waals surface area contributed by atoms with Crippen molar-refractivity contribution in [2.45, 2.75) is 49.6 Å². The van der Waals surface area contributed by atoms with Gasteiger partial charge in [-0.1, -0.05) is 36.4 Å². The quantitative estimate of drug-likeness (QED) is 0.0610. The van der Waals surface area contributed by atoms with Gasteiger partial charge in [0, 0.05) is 66.4 Å². The minimum Gasteiger partial charge on any atom is -0.592 e. The Labute approximate surface area is 366 Å². The number of nitrogens with zero attached hydrogens (tertiary/aromatic N) is 8. The third-order valence-electron chi connectivity index (χ3n) is 8.39. The number of rotatable bonds is 14. The summed E-state index contributed by atoms with van der Waals surface area (Å²) in [6.45, 7) is 6.98. The van der Waals surface area contributed by atoms with Gasteiger partial charge < -0.3 is 20.0 Å². The van der Waals surface area contributed by atoms with Gasteiger partial charge in [-0.05, 0) is 100 Å². The van der Waals surface area contributed by atoms with Gasteiger partial charge in [-0.3, -0.25) is 0 Å². The van der Waals surface area contributed by atoms with Crippen LogP contribution in [0.25, 0.3) is 0 Å². The average Bonchev–Trinajstić information content (AvgIpc) is 3.22. The minimum absolute atomic E-state index is 0. The second-order valence-corrected chi connectivity index (χ2v) is 17.3. The molecule has 61 heavy (non-hydrogen) atoms. The number of aromatic nitrogens is 2. The summed E-state index contributed by atoms with van der Waals surface area (Å²) >= 11 is 0. The molecule has 2 aromatic heterocycles. The monoisotopic (exact) mass is 910 g/mol. The van der Waals surface area contributed by atoms with Crippen molar-refractivity contribution >= 4 is 65.8 Å². The van der Waals surface area contributed by atoms with Crippen molar-refractivity contribution in [3.8, 4) is 11.5 Å². The Balaban J connectivity index is 0.000000264. The molecule has 0 atom stereocenters. The summed E-state index contributed by atoms with van der Waals surface area (Å²) in [5.74, 6) is 0.950. The van der Waals surface area contributed by atoms with Crippen LogP contribution in [0.15, 0.2) is 164 Å². The molecule has 6 aromatic rings. The maximum Gasteiger partial charge on any atom is 0.284 e. The van der Waals surface area contributed by atoms with E-state index in [-0.39, 0.29) is 61.5 Å². The molecule has 0 bridgehead atoms. The molecular weight excluding hydrogens is 863 g/mol. The van der Waals surface area contributed by atoms with E-state index in [1.165, 1.54) is 36.7 Å². The smallest absolute Gasteiger partial charge is 0.284 e. The zero-order chi connectivity index (χ0) is 43.5. The Morgan fingerprint density at radius 1 is 0.508 bits per heavy atom. The van der Waals surface area contributed by atoms with E-state index in [1.54, 1.807) is 52.0 Å². The average molecular weight is 912 g/mol. The Morgan fingerprint density at radius 2 is 0.869 bits per heavy atom. The van der Waals surface area contributed by atoms with E-state index < -0.39 is 20.0 Å². The van der Waals surface area contributed by atoms with Gasteiger partial charge in [0.25, 0.3) is 11.5 Å². The first-order valence-electron chi connectivity index (χ1n) is 18.6. The number of sulfonamides is 2. The number of para-hydroxylation sites is 2. The number of anilines is 4. The fourth-order valence-electron chi connectivity index (χ4n) is 5.39. The van der Waals surface area contributed by atoms with Crippen LogP contribution in [0.1, 0.15) is 27.7 Å². The summed E-state index contributed by atoms with van der Waals surface area (Å²) in [5, 5.41) is 32.7. The van der Waals surface area contributed by atoms with E-state index in [1.807, 2.05) is 96.7 Å². The van der Waals surface area contributed by atoms with E-state index in [2.05, 4.69) is 39.9 Å². The van der Waals surface area contributed by atoms with Gasteiger partial charge in [-0.2, -0.15) is 0 Å². The molecular formula is C42H48N10NiO6S2+2. The summed E-state index contributed by atoms with van der Waals surface area (Å²) in [4.78, 5) is 12.1. The molecule has 6 N–H and O–H groups in total. The SMILES string of the molecule is CC(C)NS(=O)(=O)c1ccc(N=Nc2ccc(N(C)c3ccccc3)cc2[OH2+])nc1.CC(C)NS(=O)(=O)c1ccc(N=Nc2ccc(N(C)c3ccccc3)cc2[OH2+])nc1.[Ni]. The number of benzene rings is 4. The molecule has 0 saturated heterocycles. The maximum absolute atomic E-state index is 12.1. The van der Waals surface area contributed by atoms with Crippen LogP contribution in [-0.4, -0.2) is 63.2 Å². The molecule has 0 saturated carbocycles. The van der Waals surface area contributed by atoms with Gasteiger partial charge in [-0.25, -0.2) is 36.2 Å². The van der Waals surface area contributed by atoms with Gasteiger partial charge in [0.2, 0.25) is 20.0 Å². The zero-order valence-electron chi connectivity index (χ0n) is 34.2. The van der Waals surface area contributed by atoms with E-state index in [0.717, 1.165) is 22.7 Å². The van der Waals surface area contributed by atoms with Crippen molar-refractivity contribution < 1.29 is 43.5 Å². The van der Waals surface area contributed by atoms with Crippen LogP contribution >= 0.6 is 0 Å². The van der Waals surface area contributed by atoms with Crippen molar-refractivity contribution in [1.29, 1.82) is 0 Å². The fraction of sp³-hybridized carbons (Fsp3) is 0.190. The van der Waals surface area contributed by atoms with Crippen molar-refractivity contribution in [2.24, 2.45) is 20.5 Å². The Kier molecular flexibility index (Phi) is 16.7. The van der Waals surface area contributed by atoms with Gasteiger partial charge in [0.15, 0.2) is 23.0 Å². The Hall–Kier alpha value is -6.11. The van der Waals surface area contributed by atoms with E-state index in [9.17, 15) is 16.8 Å². The van der Waals surface area contributed by atoms with Crippen LogP contribution in [0.2, 0.25) is 0 Å². The van der Waals surface area contributed by atoms with Crippen molar-refractivity contribution in [2.75, 3.05) is 23.9 Å². The summed E-state index contributed by atoms with van der Waals surface area (Å²) in [5.41, 5.74) is 4.52. The first-order valence-corrected chi connectivity index (χ1v) is 21.6. The van der Waals surface area contributed by atoms with Gasteiger partial charge in [-0.15, -0.1) is 20.5 Å². The summed E-state index contributed by atoms with van der Waals surface area (Å²) < 4.78 is 53.5. The predicted molar refractivity (Wildman–Crippen MR) is 236 cm³/mol. The molecule has 0 unspecified atom stereocenters. The molecule has 19 heteroatoms. The number of azo groups is 2. The Morgan fingerprint density at radius 3 is 1.16 bits per heavy atom. The van der Waals surface area contributed by atoms with E-state index >= 15 is 0 Å². The van der Waals surface area contributed by atoms with Crippen LogP contribution < -0.4 is 19.2 Å². The minimum atomic E-state index is -3.61. The largest absolute Gasteiger partial charge is 0.592 e. The van der Waals surface area contributed by atoms with Gasteiger partial charge >= 0.3 is 0 Å².